The number of hydrogen-bond acceptors (Lipinski definition) is 4. The molecule has 0 saturated carbocycles. The van der Waals surface area contributed by atoms with Crippen molar-refractivity contribution in [2.75, 3.05) is 13.1 Å². The summed E-state index contributed by atoms with van der Waals surface area (Å²) in [5.41, 5.74) is 1.52. The van der Waals surface area contributed by atoms with Gasteiger partial charge < -0.3 is 4.90 Å². The van der Waals surface area contributed by atoms with Crippen molar-refractivity contribution in [3.63, 3.8) is 0 Å². The van der Waals surface area contributed by atoms with Gasteiger partial charge in [-0.1, -0.05) is 18.2 Å². The van der Waals surface area contributed by atoms with Crippen molar-refractivity contribution in [1.82, 2.24) is 24.2 Å². The number of amides is 1. The van der Waals surface area contributed by atoms with Gasteiger partial charge in [0.2, 0.25) is 5.91 Å². The third kappa shape index (κ3) is 3.04. The Morgan fingerprint density at radius 3 is 2.68 bits per heavy atom. The fourth-order valence-electron chi connectivity index (χ4n) is 3.48. The molecule has 1 aliphatic heterocycles. The number of para-hydroxylation sites is 1. The van der Waals surface area contributed by atoms with Crippen LogP contribution in [0.4, 0.5) is 13.2 Å². The summed E-state index contributed by atoms with van der Waals surface area (Å²) in [6.45, 7) is 0.518. The van der Waals surface area contributed by atoms with Crippen LogP contribution in [0.15, 0.2) is 41.6 Å². The zero-order valence-corrected chi connectivity index (χ0v) is 14.8. The summed E-state index contributed by atoms with van der Waals surface area (Å²) in [6.07, 6.45) is -1.79. The lowest BCUT2D eigenvalue weighted by atomic mass is 10.2. The molecule has 1 amide bonds. The maximum Gasteiger partial charge on any atom is 0.406 e. The lowest BCUT2D eigenvalue weighted by Gasteiger charge is -2.19. The van der Waals surface area contributed by atoms with Gasteiger partial charge in [0.25, 0.3) is 5.56 Å². The van der Waals surface area contributed by atoms with Crippen molar-refractivity contribution in [2.45, 2.75) is 25.6 Å². The topological polar surface area (TPSA) is 73.0 Å². The maximum absolute atomic E-state index is 12.9. The molecule has 1 aromatic carbocycles. The zero-order valence-electron chi connectivity index (χ0n) is 14.8. The Bertz CT molecular complexity index is 1120. The Kier molecular flexibility index (Phi) is 4.20. The summed E-state index contributed by atoms with van der Waals surface area (Å²) in [4.78, 5) is 30.2. The van der Waals surface area contributed by atoms with E-state index in [9.17, 15) is 22.8 Å². The van der Waals surface area contributed by atoms with Gasteiger partial charge in [-0.25, -0.2) is 9.67 Å². The number of aryl methyl sites for hydroxylation is 1. The van der Waals surface area contributed by atoms with E-state index in [1.807, 2.05) is 31.2 Å². The Hall–Kier alpha value is -3.17. The predicted octanol–water partition coefficient (Wildman–Crippen LogP) is 2.23. The average Bonchev–Trinajstić information content (AvgIpc) is 3.20. The van der Waals surface area contributed by atoms with E-state index in [0.29, 0.717) is 5.65 Å². The standard InChI is InChI=1S/C18H16F3N5O2/c1-11-4-2-3-5-13(11)26-15-12(8-23-26)16(27)25(10-22-15)14-6-7-24(17(14)28)9-18(19,20)21/h2-5,8,10,14H,6-7,9H2,1H3. The molecule has 0 radical (unpaired) electrons. The molecular weight excluding hydrogens is 375 g/mol. The van der Waals surface area contributed by atoms with Gasteiger partial charge in [-0.05, 0) is 25.0 Å². The Morgan fingerprint density at radius 2 is 1.96 bits per heavy atom. The minimum Gasteiger partial charge on any atom is -0.332 e. The van der Waals surface area contributed by atoms with Gasteiger partial charge in [-0.2, -0.15) is 18.3 Å². The highest BCUT2D eigenvalue weighted by atomic mass is 19.4. The number of aromatic nitrogens is 4. The molecule has 1 atom stereocenters. The molecule has 0 spiro atoms. The van der Waals surface area contributed by atoms with E-state index in [0.717, 1.165) is 20.7 Å². The third-order valence-corrected chi connectivity index (χ3v) is 4.83. The van der Waals surface area contributed by atoms with Crippen molar-refractivity contribution in [3.8, 4) is 5.69 Å². The number of hydrogen-bond donors (Lipinski definition) is 0. The normalized spacial score (nSPS) is 17.6. The van der Waals surface area contributed by atoms with Crippen molar-refractivity contribution in [3.05, 3.63) is 52.7 Å². The molecule has 4 rings (SSSR count). The van der Waals surface area contributed by atoms with Crippen molar-refractivity contribution < 1.29 is 18.0 Å². The average molecular weight is 391 g/mol. The summed E-state index contributed by atoms with van der Waals surface area (Å²) in [5, 5.41) is 4.44. The zero-order chi connectivity index (χ0) is 20.1. The molecule has 0 bridgehead atoms. The van der Waals surface area contributed by atoms with Gasteiger partial charge in [-0.15, -0.1) is 0 Å². The lowest BCUT2D eigenvalue weighted by molar-refractivity contribution is -0.158. The summed E-state index contributed by atoms with van der Waals surface area (Å²) >= 11 is 0. The highest BCUT2D eigenvalue weighted by molar-refractivity contribution is 5.83. The second kappa shape index (κ2) is 6.47. The fourth-order valence-corrected chi connectivity index (χ4v) is 3.48. The first-order valence-corrected chi connectivity index (χ1v) is 8.62. The summed E-state index contributed by atoms with van der Waals surface area (Å²) in [5.74, 6) is -0.730. The van der Waals surface area contributed by atoms with E-state index in [2.05, 4.69) is 10.1 Å². The van der Waals surface area contributed by atoms with E-state index in [4.69, 9.17) is 0 Å². The first kappa shape index (κ1) is 18.2. The van der Waals surface area contributed by atoms with E-state index < -0.39 is 30.2 Å². The van der Waals surface area contributed by atoms with Crippen LogP contribution in [0.25, 0.3) is 16.7 Å². The molecule has 1 unspecified atom stereocenters. The van der Waals surface area contributed by atoms with E-state index in [-0.39, 0.29) is 18.4 Å². The number of carbonyl (C=O) groups excluding carboxylic acids is 1. The van der Waals surface area contributed by atoms with Gasteiger partial charge in [-0.3, -0.25) is 14.2 Å². The highest BCUT2D eigenvalue weighted by Crippen LogP contribution is 2.26. The first-order chi connectivity index (χ1) is 13.3. The van der Waals surface area contributed by atoms with Crippen LogP contribution < -0.4 is 5.56 Å². The number of rotatable bonds is 3. The van der Waals surface area contributed by atoms with Crippen molar-refractivity contribution in [2.24, 2.45) is 0 Å². The molecule has 3 heterocycles. The van der Waals surface area contributed by atoms with Crippen molar-refractivity contribution >= 4 is 16.9 Å². The minimum atomic E-state index is -4.48. The van der Waals surface area contributed by atoms with E-state index >= 15 is 0 Å². The number of likely N-dealkylation sites (tertiary alicyclic amines) is 1. The molecular formula is C18H16F3N5O2. The first-order valence-electron chi connectivity index (χ1n) is 8.62. The molecule has 7 nitrogen and oxygen atoms in total. The van der Waals surface area contributed by atoms with Crippen LogP contribution in [0, 0.1) is 6.92 Å². The summed E-state index contributed by atoms with van der Waals surface area (Å²) in [6, 6.07) is 6.46. The molecule has 3 aromatic rings. The highest BCUT2D eigenvalue weighted by Gasteiger charge is 2.40. The monoisotopic (exact) mass is 391 g/mol. The lowest BCUT2D eigenvalue weighted by Crippen LogP contribution is -2.38. The molecule has 1 saturated heterocycles. The summed E-state index contributed by atoms with van der Waals surface area (Å²) < 4.78 is 40.5. The molecule has 28 heavy (non-hydrogen) atoms. The smallest absolute Gasteiger partial charge is 0.332 e. The van der Waals surface area contributed by atoms with Gasteiger partial charge in [0.15, 0.2) is 5.65 Å². The van der Waals surface area contributed by atoms with Crippen LogP contribution >= 0.6 is 0 Å². The van der Waals surface area contributed by atoms with Crippen LogP contribution in [-0.2, 0) is 4.79 Å². The second-order valence-corrected chi connectivity index (χ2v) is 6.72. The Balaban J connectivity index is 1.72. The SMILES string of the molecule is Cc1ccccc1-n1ncc2c(=O)n(C3CCN(CC(F)(F)F)C3=O)cnc21. The van der Waals surface area contributed by atoms with Crippen LogP contribution in [0.5, 0.6) is 0 Å². The van der Waals surface area contributed by atoms with Crippen LogP contribution in [0.2, 0.25) is 0 Å². The maximum atomic E-state index is 12.9. The Labute approximate surface area is 157 Å². The third-order valence-electron chi connectivity index (χ3n) is 4.83. The van der Waals surface area contributed by atoms with Crippen LogP contribution in [-0.4, -0.2) is 49.4 Å². The molecule has 0 N–H and O–H groups in total. The second-order valence-electron chi connectivity index (χ2n) is 6.72. The Morgan fingerprint density at radius 1 is 1.21 bits per heavy atom. The minimum absolute atomic E-state index is 0.0596. The van der Waals surface area contributed by atoms with Crippen LogP contribution in [0.3, 0.4) is 0 Å². The van der Waals surface area contributed by atoms with Gasteiger partial charge in [0.1, 0.15) is 24.3 Å². The van der Waals surface area contributed by atoms with E-state index in [1.54, 1.807) is 0 Å². The molecule has 2 aromatic heterocycles. The largest absolute Gasteiger partial charge is 0.406 e. The van der Waals surface area contributed by atoms with Crippen LogP contribution in [0.1, 0.15) is 18.0 Å². The summed E-state index contributed by atoms with van der Waals surface area (Å²) in [7, 11) is 0. The fraction of sp³-hybridized carbons (Fsp3) is 0.333. The van der Waals surface area contributed by atoms with Gasteiger partial charge >= 0.3 is 6.18 Å². The number of benzene rings is 1. The van der Waals surface area contributed by atoms with Crippen molar-refractivity contribution in [1.29, 1.82) is 0 Å². The molecule has 1 aliphatic rings. The van der Waals surface area contributed by atoms with E-state index in [1.165, 1.54) is 17.2 Å². The molecule has 10 heteroatoms. The number of fused-ring (bicyclic) bond motifs is 1. The predicted molar refractivity (Wildman–Crippen MR) is 94.2 cm³/mol. The van der Waals surface area contributed by atoms with Gasteiger partial charge in [0, 0.05) is 6.54 Å². The number of halogens is 3. The van der Waals surface area contributed by atoms with Gasteiger partial charge in [0.05, 0.1) is 11.9 Å². The number of nitrogens with zero attached hydrogens (tertiary/aromatic N) is 5. The quantitative estimate of drug-likeness (QED) is 0.686. The molecule has 0 aliphatic carbocycles. The molecule has 146 valence electrons. The number of carbonyl (C=O) groups is 1. The molecule has 1 fully saturated rings. The number of alkyl halides is 3.